The highest BCUT2D eigenvalue weighted by Gasteiger charge is 2.07. The molecule has 1 amide bonds. The fourth-order valence-electron chi connectivity index (χ4n) is 1.50. The zero-order valence-electron chi connectivity index (χ0n) is 10.4. The van der Waals surface area contributed by atoms with Crippen LogP contribution in [0.3, 0.4) is 0 Å². The van der Waals surface area contributed by atoms with Gasteiger partial charge < -0.3 is 10.6 Å². The highest BCUT2D eigenvalue weighted by Crippen LogP contribution is 2.20. The number of nitrogens with one attached hydrogen (secondary N) is 2. The number of hydrogen-bond donors (Lipinski definition) is 2. The first-order chi connectivity index (χ1) is 9.28. The predicted octanol–water partition coefficient (Wildman–Crippen LogP) is 2.73. The lowest BCUT2D eigenvalue weighted by Gasteiger charge is -2.01. The van der Waals surface area contributed by atoms with Crippen LogP contribution in [0.4, 0.5) is 10.8 Å². The second-order valence-corrected chi connectivity index (χ2v) is 4.76. The Kier molecular flexibility index (Phi) is 4.69. The van der Waals surface area contributed by atoms with Gasteiger partial charge in [0.25, 0.3) is 0 Å². The van der Waals surface area contributed by atoms with Crippen molar-refractivity contribution in [3.8, 4) is 0 Å². The first-order valence-corrected chi connectivity index (χ1v) is 6.80. The van der Waals surface area contributed by atoms with Crippen molar-refractivity contribution >= 4 is 28.1 Å². The summed E-state index contributed by atoms with van der Waals surface area (Å²) in [5.74, 6) is -0.0449. The van der Waals surface area contributed by atoms with Crippen molar-refractivity contribution in [3.05, 3.63) is 54.1 Å². The number of carbonyl (C=O) groups excluding carboxylic acids is 1. The van der Waals surface area contributed by atoms with Crippen LogP contribution in [0.15, 0.2) is 48.4 Å². The van der Waals surface area contributed by atoms with E-state index in [9.17, 15) is 4.79 Å². The summed E-state index contributed by atoms with van der Waals surface area (Å²) in [6.07, 6.45) is 1.95. The number of nitrogens with zero attached hydrogens (tertiary/aromatic N) is 1. The molecule has 0 aliphatic carbocycles. The topological polar surface area (TPSA) is 54.0 Å². The number of para-hydroxylation sites is 1. The van der Waals surface area contributed by atoms with Crippen molar-refractivity contribution in [3.63, 3.8) is 0 Å². The SMILES string of the molecule is C=CCNC(=O)Cc1csc(Nc2ccccc2)n1. The van der Waals surface area contributed by atoms with E-state index in [1.165, 1.54) is 11.3 Å². The van der Waals surface area contributed by atoms with Crippen molar-refractivity contribution in [2.75, 3.05) is 11.9 Å². The van der Waals surface area contributed by atoms with E-state index >= 15 is 0 Å². The Morgan fingerprint density at radius 1 is 1.37 bits per heavy atom. The number of anilines is 2. The third-order valence-electron chi connectivity index (χ3n) is 2.36. The number of amides is 1. The van der Waals surface area contributed by atoms with Crippen LogP contribution in [0.1, 0.15) is 5.69 Å². The van der Waals surface area contributed by atoms with Gasteiger partial charge in [0.2, 0.25) is 5.91 Å². The summed E-state index contributed by atoms with van der Waals surface area (Å²) in [5.41, 5.74) is 1.75. The maximum absolute atomic E-state index is 11.5. The molecule has 98 valence electrons. The lowest BCUT2D eigenvalue weighted by molar-refractivity contribution is -0.120. The molecule has 0 saturated carbocycles. The molecule has 4 nitrogen and oxygen atoms in total. The van der Waals surface area contributed by atoms with Crippen molar-refractivity contribution in [2.24, 2.45) is 0 Å². The minimum absolute atomic E-state index is 0.0449. The molecule has 2 rings (SSSR count). The predicted molar refractivity (Wildman–Crippen MR) is 78.7 cm³/mol. The standard InChI is InChI=1S/C14H15N3OS/c1-2-8-15-13(18)9-12-10-19-14(17-12)16-11-6-4-3-5-7-11/h2-7,10H,1,8-9H2,(H,15,18)(H,16,17). The van der Waals surface area contributed by atoms with Gasteiger partial charge in [0.1, 0.15) is 0 Å². The van der Waals surface area contributed by atoms with Gasteiger partial charge in [-0.25, -0.2) is 4.98 Å². The van der Waals surface area contributed by atoms with E-state index in [4.69, 9.17) is 0 Å². The maximum Gasteiger partial charge on any atom is 0.226 e. The van der Waals surface area contributed by atoms with E-state index in [2.05, 4.69) is 22.2 Å². The summed E-state index contributed by atoms with van der Waals surface area (Å²) in [7, 11) is 0. The van der Waals surface area contributed by atoms with Crippen molar-refractivity contribution in [2.45, 2.75) is 6.42 Å². The van der Waals surface area contributed by atoms with Crippen LogP contribution in [-0.2, 0) is 11.2 Å². The molecule has 1 aromatic heterocycles. The maximum atomic E-state index is 11.5. The van der Waals surface area contributed by atoms with Crippen LogP contribution < -0.4 is 10.6 Å². The minimum atomic E-state index is -0.0449. The Hall–Kier alpha value is -2.14. The molecule has 0 saturated heterocycles. The molecule has 0 spiro atoms. The van der Waals surface area contributed by atoms with Crippen LogP contribution in [0.2, 0.25) is 0 Å². The van der Waals surface area contributed by atoms with Gasteiger partial charge in [0, 0.05) is 17.6 Å². The van der Waals surface area contributed by atoms with E-state index in [0.717, 1.165) is 16.5 Å². The first-order valence-electron chi connectivity index (χ1n) is 5.92. The van der Waals surface area contributed by atoms with Gasteiger partial charge >= 0.3 is 0 Å². The zero-order valence-corrected chi connectivity index (χ0v) is 11.2. The molecule has 0 atom stereocenters. The summed E-state index contributed by atoms with van der Waals surface area (Å²) < 4.78 is 0. The smallest absolute Gasteiger partial charge is 0.226 e. The fraction of sp³-hybridized carbons (Fsp3) is 0.143. The van der Waals surface area contributed by atoms with E-state index in [-0.39, 0.29) is 5.91 Å². The highest BCUT2D eigenvalue weighted by atomic mass is 32.1. The van der Waals surface area contributed by atoms with Crippen molar-refractivity contribution in [1.82, 2.24) is 10.3 Å². The third kappa shape index (κ3) is 4.22. The molecule has 19 heavy (non-hydrogen) atoms. The van der Waals surface area contributed by atoms with E-state index in [1.807, 2.05) is 35.7 Å². The molecule has 0 aliphatic rings. The molecule has 0 fully saturated rings. The minimum Gasteiger partial charge on any atom is -0.352 e. The van der Waals surface area contributed by atoms with E-state index < -0.39 is 0 Å². The largest absolute Gasteiger partial charge is 0.352 e. The lowest BCUT2D eigenvalue weighted by atomic mass is 10.3. The molecule has 0 unspecified atom stereocenters. The summed E-state index contributed by atoms with van der Waals surface area (Å²) in [6, 6.07) is 9.82. The number of hydrogen-bond acceptors (Lipinski definition) is 4. The Morgan fingerprint density at radius 3 is 2.89 bits per heavy atom. The van der Waals surface area contributed by atoms with Gasteiger partial charge in [0.15, 0.2) is 5.13 Å². The monoisotopic (exact) mass is 273 g/mol. The third-order valence-corrected chi connectivity index (χ3v) is 3.17. The van der Waals surface area contributed by atoms with E-state index in [1.54, 1.807) is 6.08 Å². The summed E-state index contributed by atoms with van der Waals surface area (Å²) >= 11 is 1.49. The quantitative estimate of drug-likeness (QED) is 0.796. The fourth-order valence-corrected chi connectivity index (χ4v) is 2.23. The highest BCUT2D eigenvalue weighted by molar-refractivity contribution is 7.13. The average Bonchev–Trinajstić information content (AvgIpc) is 2.85. The van der Waals surface area contributed by atoms with Gasteiger partial charge in [-0.3, -0.25) is 4.79 Å². The van der Waals surface area contributed by atoms with Crippen molar-refractivity contribution < 1.29 is 4.79 Å². The van der Waals surface area contributed by atoms with Gasteiger partial charge in [-0.05, 0) is 12.1 Å². The Balaban J connectivity index is 1.92. The van der Waals surface area contributed by atoms with Crippen LogP contribution in [0, 0.1) is 0 Å². The number of thiazole rings is 1. The molecule has 2 N–H and O–H groups in total. The number of carbonyl (C=O) groups is 1. The normalized spacial score (nSPS) is 9.89. The zero-order chi connectivity index (χ0) is 13.5. The molecular weight excluding hydrogens is 258 g/mol. The van der Waals surface area contributed by atoms with Gasteiger partial charge in [-0.1, -0.05) is 24.3 Å². The summed E-state index contributed by atoms with van der Waals surface area (Å²) in [6.45, 7) is 4.04. The van der Waals surface area contributed by atoms with Crippen LogP contribution in [-0.4, -0.2) is 17.4 Å². The molecule has 0 aliphatic heterocycles. The molecule has 0 radical (unpaired) electrons. The molecule has 1 heterocycles. The number of rotatable bonds is 6. The van der Waals surface area contributed by atoms with Crippen LogP contribution in [0.5, 0.6) is 0 Å². The average molecular weight is 273 g/mol. The Labute approximate surface area is 116 Å². The summed E-state index contributed by atoms with van der Waals surface area (Å²) in [4.78, 5) is 15.9. The van der Waals surface area contributed by atoms with E-state index in [0.29, 0.717) is 13.0 Å². The molecule has 5 heteroatoms. The molecular formula is C14H15N3OS. The Bertz CT molecular complexity index is 551. The second kappa shape index (κ2) is 6.70. The summed E-state index contributed by atoms with van der Waals surface area (Å²) in [5, 5.41) is 8.60. The first kappa shape index (κ1) is 13.3. The number of benzene rings is 1. The second-order valence-electron chi connectivity index (χ2n) is 3.90. The van der Waals surface area contributed by atoms with Gasteiger partial charge in [-0.15, -0.1) is 17.9 Å². The molecule has 2 aromatic rings. The van der Waals surface area contributed by atoms with Crippen LogP contribution in [0.25, 0.3) is 0 Å². The van der Waals surface area contributed by atoms with Gasteiger partial charge in [-0.2, -0.15) is 0 Å². The number of aromatic nitrogens is 1. The lowest BCUT2D eigenvalue weighted by Crippen LogP contribution is -2.25. The molecule has 0 bridgehead atoms. The molecule has 1 aromatic carbocycles. The van der Waals surface area contributed by atoms with Gasteiger partial charge in [0.05, 0.1) is 12.1 Å². The Morgan fingerprint density at radius 2 is 2.16 bits per heavy atom. The van der Waals surface area contributed by atoms with Crippen LogP contribution >= 0.6 is 11.3 Å². The van der Waals surface area contributed by atoms with Crippen molar-refractivity contribution in [1.29, 1.82) is 0 Å².